The molecule has 0 saturated carbocycles. The predicted octanol–water partition coefficient (Wildman–Crippen LogP) is 4.52. The Morgan fingerprint density at radius 1 is 1.00 bits per heavy atom. The van der Waals surface area contributed by atoms with Crippen LogP contribution in [-0.2, 0) is 0 Å². The van der Waals surface area contributed by atoms with Crippen LogP contribution in [0.3, 0.4) is 0 Å². The molecule has 3 aromatic carbocycles. The Labute approximate surface area is 163 Å². The van der Waals surface area contributed by atoms with Crippen LogP contribution >= 0.6 is 0 Å². The molecule has 0 atom stereocenters. The molecular formula is C23H19FN2O2. The topological polar surface area (TPSA) is 53.3 Å². The molecule has 0 unspecified atom stereocenters. The molecule has 4 nitrogen and oxygen atoms in total. The molecule has 3 aromatic rings. The molecule has 0 saturated heterocycles. The number of halogens is 1. The Bertz CT molecular complexity index is 1010. The highest BCUT2D eigenvalue weighted by Crippen LogP contribution is 2.27. The maximum atomic E-state index is 13.0. The van der Waals surface area contributed by atoms with Crippen molar-refractivity contribution in [3.05, 3.63) is 89.7 Å². The number of carbonyl (C=O) groups is 1. The van der Waals surface area contributed by atoms with Crippen molar-refractivity contribution in [2.75, 3.05) is 20.2 Å². The van der Waals surface area contributed by atoms with Crippen molar-refractivity contribution >= 4 is 5.91 Å². The maximum absolute atomic E-state index is 13.0. The number of hydrogen-bond donors (Lipinski definition) is 0. The van der Waals surface area contributed by atoms with Gasteiger partial charge in [-0.05, 0) is 42.0 Å². The summed E-state index contributed by atoms with van der Waals surface area (Å²) < 4.78 is 18.5. The van der Waals surface area contributed by atoms with Gasteiger partial charge in [0.25, 0.3) is 5.91 Å². The molecule has 0 aromatic heterocycles. The molecule has 0 fully saturated rings. The van der Waals surface area contributed by atoms with Crippen LogP contribution in [0.5, 0.6) is 5.75 Å². The summed E-state index contributed by atoms with van der Waals surface area (Å²) >= 11 is 0. The van der Waals surface area contributed by atoms with Crippen molar-refractivity contribution in [2.24, 2.45) is 0 Å². The summed E-state index contributed by atoms with van der Waals surface area (Å²) in [6, 6.07) is 22.4. The quantitative estimate of drug-likeness (QED) is 0.638. The van der Waals surface area contributed by atoms with E-state index in [2.05, 4.69) is 6.07 Å². The maximum Gasteiger partial charge on any atom is 0.254 e. The largest absolute Gasteiger partial charge is 0.492 e. The number of ether oxygens (including phenoxy) is 1. The Hall–Kier alpha value is -3.65. The highest BCUT2D eigenvalue weighted by molar-refractivity contribution is 6.01. The third-order valence-corrected chi connectivity index (χ3v) is 4.35. The first-order valence-electron chi connectivity index (χ1n) is 8.82. The van der Waals surface area contributed by atoms with Gasteiger partial charge in [-0.15, -0.1) is 0 Å². The first kappa shape index (κ1) is 19.1. The van der Waals surface area contributed by atoms with E-state index in [4.69, 9.17) is 4.74 Å². The van der Waals surface area contributed by atoms with E-state index in [-0.39, 0.29) is 18.3 Å². The third-order valence-electron chi connectivity index (χ3n) is 4.35. The minimum absolute atomic E-state index is 0.161. The van der Waals surface area contributed by atoms with Crippen LogP contribution in [0, 0.1) is 17.1 Å². The van der Waals surface area contributed by atoms with Gasteiger partial charge in [0.15, 0.2) is 0 Å². The van der Waals surface area contributed by atoms with Crippen LogP contribution < -0.4 is 4.74 Å². The fourth-order valence-corrected chi connectivity index (χ4v) is 2.86. The molecule has 0 heterocycles. The molecule has 0 spiro atoms. The monoisotopic (exact) mass is 374 g/mol. The van der Waals surface area contributed by atoms with Crippen molar-refractivity contribution in [3.63, 3.8) is 0 Å². The molecule has 140 valence electrons. The van der Waals surface area contributed by atoms with Gasteiger partial charge in [-0.3, -0.25) is 4.79 Å². The molecule has 0 radical (unpaired) electrons. The lowest BCUT2D eigenvalue weighted by atomic mass is 9.95. The van der Waals surface area contributed by atoms with E-state index >= 15 is 0 Å². The number of amides is 1. The van der Waals surface area contributed by atoms with Crippen LogP contribution in [-0.4, -0.2) is 31.0 Å². The summed E-state index contributed by atoms with van der Waals surface area (Å²) in [5, 5.41) is 9.37. The highest BCUT2D eigenvalue weighted by atomic mass is 19.1. The lowest BCUT2D eigenvalue weighted by Gasteiger charge is -2.19. The number of carbonyl (C=O) groups excluding carboxylic acids is 1. The number of nitriles is 1. The van der Waals surface area contributed by atoms with Gasteiger partial charge in [0.1, 0.15) is 18.2 Å². The molecule has 0 aliphatic heterocycles. The van der Waals surface area contributed by atoms with Crippen molar-refractivity contribution < 1.29 is 13.9 Å². The summed E-state index contributed by atoms with van der Waals surface area (Å²) in [6.07, 6.45) is 0. The van der Waals surface area contributed by atoms with E-state index in [1.807, 2.05) is 24.3 Å². The van der Waals surface area contributed by atoms with E-state index in [0.717, 1.165) is 11.1 Å². The average molecular weight is 374 g/mol. The van der Waals surface area contributed by atoms with E-state index in [0.29, 0.717) is 23.4 Å². The van der Waals surface area contributed by atoms with Crippen LogP contribution in [0.1, 0.15) is 15.9 Å². The number of nitrogens with zero attached hydrogens (tertiary/aromatic N) is 2. The Morgan fingerprint density at radius 2 is 1.64 bits per heavy atom. The predicted molar refractivity (Wildman–Crippen MR) is 105 cm³/mol. The zero-order valence-corrected chi connectivity index (χ0v) is 15.4. The summed E-state index contributed by atoms with van der Waals surface area (Å²) in [5.41, 5.74) is 2.49. The summed E-state index contributed by atoms with van der Waals surface area (Å²) in [7, 11) is 1.70. The average Bonchev–Trinajstić information content (AvgIpc) is 2.74. The lowest BCUT2D eigenvalue weighted by molar-refractivity contribution is 0.0774. The second kappa shape index (κ2) is 8.83. The van der Waals surface area contributed by atoms with E-state index in [1.165, 1.54) is 12.1 Å². The fourth-order valence-electron chi connectivity index (χ4n) is 2.86. The van der Waals surface area contributed by atoms with Gasteiger partial charge in [0, 0.05) is 18.2 Å². The minimum Gasteiger partial charge on any atom is -0.492 e. The van der Waals surface area contributed by atoms with Crippen molar-refractivity contribution in [1.82, 2.24) is 4.90 Å². The zero-order chi connectivity index (χ0) is 19.9. The highest BCUT2D eigenvalue weighted by Gasteiger charge is 2.18. The van der Waals surface area contributed by atoms with Gasteiger partial charge in [0.05, 0.1) is 18.2 Å². The van der Waals surface area contributed by atoms with Crippen LogP contribution in [0.25, 0.3) is 11.1 Å². The van der Waals surface area contributed by atoms with Crippen LogP contribution in [0.4, 0.5) is 4.39 Å². The SMILES string of the molecule is CN(CCOc1ccc(F)cc1)C(=O)c1ccccc1-c1ccccc1C#N. The van der Waals surface area contributed by atoms with Crippen LogP contribution in [0.15, 0.2) is 72.8 Å². The second-order valence-electron chi connectivity index (χ2n) is 6.23. The smallest absolute Gasteiger partial charge is 0.254 e. The standard InChI is InChI=1S/C23H19FN2O2/c1-26(14-15-28-19-12-10-18(24)11-13-19)23(27)22-9-5-4-8-21(22)20-7-3-2-6-17(20)16-25/h2-13H,14-15H2,1H3. The number of rotatable bonds is 6. The Kier molecular flexibility index (Phi) is 6.03. The Morgan fingerprint density at radius 3 is 2.36 bits per heavy atom. The van der Waals surface area contributed by atoms with Gasteiger partial charge in [-0.25, -0.2) is 4.39 Å². The summed E-state index contributed by atoms with van der Waals surface area (Å²) in [5.74, 6) is 0.0607. The first-order valence-corrected chi connectivity index (χ1v) is 8.82. The molecule has 28 heavy (non-hydrogen) atoms. The van der Waals surface area contributed by atoms with Crippen LogP contribution in [0.2, 0.25) is 0 Å². The normalized spacial score (nSPS) is 10.2. The lowest BCUT2D eigenvalue weighted by Crippen LogP contribution is -2.31. The number of likely N-dealkylation sites (N-methyl/N-ethyl adjacent to an activating group) is 1. The molecular weight excluding hydrogens is 355 g/mol. The van der Waals surface area contributed by atoms with Crippen molar-refractivity contribution in [1.29, 1.82) is 5.26 Å². The Balaban J connectivity index is 1.73. The summed E-state index contributed by atoms with van der Waals surface area (Å²) in [6.45, 7) is 0.648. The molecule has 1 amide bonds. The van der Waals surface area contributed by atoms with Gasteiger partial charge < -0.3 is 9.64 Å². The van der Waals surface area contributed by atoms with Gasteiger partial charge >= 0.3 is 0 Å². The van der Waals surface area contributed by atoms with Gasteiger partial charge in [-0.1, -0.05) is 36.4 Å². The molecule has 0 aliphatic carbocycles. The zero-order valence-electron chi connectivity index (χ0n) is 15.4. The number of hydrogen-bond acceptors (Lipinski definition) is 3. The molecule has 0 bridgehead atoms. The van der Waals surface area contributed by atoms with E-state index < -0.39 is 0 Å². The van der Waals surface area contributed by atoms with Crippen molar-refractivity contribution in [2.45, 2.75) is 0 Å². The third kappa shape index (κ3) is 4.36. The summed E-state index contributed by atoms with van der Waals surface area (Å²) in [4.78, 5) is 14.5. The van der Waals surface area contributed by atoms with Gasteiger partial charge in [0.2, 0.25) is 0 Å². The second-order valence-corrected chi connectivity index (χ2v) is 6.23. The molecule has 3 rings (SSSR count). The fraction of sp³-hybridized carbons (Fsp3) is 0.130. The first-order chi connectivity index (χ1) is 13.6. The molecule has 0 aliphatic rings. The van der Waals surface area contributed by atoms with E-state index in [1.54, 1.807) is 48.3 Å². The molecule has 0 N–H and O–H groups in total. The van der Waals surface area contributed by atoms with Gasteiger partial charge in [-0.2, -0.15) is 5.26 Å². The number of benzene rings is 3. The van der Waals surface area contributed by atoms with E-state index in [9.17, 15) is 14.4 Å². The van der Waals surface area contributed by atoms with Crippen molar-refractivity contribution in [3.8, 4) is 22.9 Å². The minimum atomic E-state index is -0.325. The molecule has 5 heteroatoms.